The van der Waals surface area contributed by atoms with E-state index in [1.807, 2.05) is 12.1 Å². The van der Waals surface area contributed by atoms with Gasteiger partial charge in [-0.1, -0.05) is 6.92 Å². The predicted molar refractivity (Wildman–Crippen MR) is 61.1 cm³/mol. The number of nitrogen functional groups attached to an aromatic ring is 1. The van der Waals surface area contributed by atoms with Gasteiger partial charge in [-0.05, 0) is 31.0 Å². The van der Waals surface area contributed by atoms with Gasteiger partial charge in [-0.25, -0.2) is 0 Å². The number of rotatable bonds is 3. The summed E-state index contributed by atoms with van der Waals surface area (Å²) in [7, 11) is 0. The molecule has 2 heterocycles. The molecule has 1 unspecified atom stereocenters. The number of hydrogen-bond acceptors (Lipinski definition) is 4. The van der Waals surface area contributed by atoms with Gasteiger partial charge >= 0.3 is 0 Å². The van der Waals surface area contributed by atoms with Gasteiger partial charge in [0.1, 0.15) is 0 Å². The van der Waals surface area contributed by atoms with Crippen molar-refractivity contribution in [3.63, 3.8) is 0 Å². The number of likely N-dealkylation sites (tertiary alicyclic amines) is 1. The Morgan fingerprint density at radius 2 is 2.53 bits per heavy atom. The molecule has 4 heteroatoms. The Bertz CT molecular complexity index is 326. The van der Waals surface area contributed by atoms with Crippen LogP contribution in [-0.4, -0.2) is 23.0 Å². The molecule has 15 heavy (non-hydrogen) atoms. The molecule has 0 aliphatic carbocycles. The molecule has 0 amide bonds. The molecule has 4 nitrogen and oxygen atoms in total. The molecule has 0 bridgehead atoms. The molecular formula is C11H18N4. The summed E-state index contributed by atoms with van der Waals surface area (Å²) in [6, 6.07) is 3.87. The van der Waals surface area contributed by atoms with E-state index in [1.165, 1.54) is 19.5 Å². The first kappa shape index (κ1) is 10.4. The van der Waals surface area contributed by atoms with E-state index in [4.69, 9.17) is 5.84 Å². The molecule has 1 saturated heterocycles. The van der Waals surface area contributed by atoms with E-state index in [9.17, 15) is 0 Å². The van der Waals surface area contributed by atoms with Gasteiger partial charge in [0.2, 0.25) is 0 Å². The Kier molecular flexibility index (Phi) is 3.18. The number of nitrogens with two attached hydrogens (primary N) is 1. The smallest absolute Gasteiger partial charge is 0.0564 e. The van der Waals surface area contributed by atoms with Crippen molar-refractivity contribution >= 4 is 5.69 Å². The highest BCUT2D eigenvalue weighted by Gasteiger charge is 2.18. The average Bonchev–Trinajstić information content (AvgIpc) is 2.64. The van der Waals surface area contributed by atoms with Gasteiger partial charge in [0, 0.05) is 19.3 Å². The van der Waals surface area contributed by atoms with Crippen LogP contribution in [0.15, 0.2) is 18.3 Å². The molecule has 3 N–H and O–H groups in total. The van der Waals surface area contributed by atoms with Gasteiger partial charge in [-0.15, -0.1) is 0 Å². The Morgan fingerprint density at radius 3 is 3.20 bits per heavy atom. The maximum atomic E-state index is 5.36. The highest BCUT2D eigenvalue weighted by molar-refractivity contribution is 5.41. The van der Waals surface area contributed by atoms with Crippen molar-refractivity contribution in [2.45, 2.75) is 19.9 Å². The van der Waals surface area contributed by atoms with E-state index in [1.54, 1.807) is 6.20 Å². The van der Waals surface area contributed by atoms with Crippen molar-refractivity contribution in [1.29, 1.82) is 0 Å². The molecule has 0 saturated carbocycles. The average molecular weight is 206 g/mol. The molecule has 1 aromatic heterocycles. The van der Waals surface area contributed by atoms with Crippen molar-refractivity contribution in [3.8, 4) is 0 Å². The fourth-order valence-corrected chi connectivity index (χ4v) is 2.05. The van der Waals surface area contributed by atoms with Crippen LogP contribution in [0.25, 0.3) is 0 Å². The van der Waals surface area contributed by atoms with E-state index in [0.29, 0.717) is 0 Å². The molecule has 1 aliphatic rings. The number of pyridine rings is 1. The normalized spacial score (nSPS) is 21.9. The van der Waals surface area contributed by atoms with Crippen LogP contribution in [0, 0.1) is 5.92 Å². The molecule has 1 aromatic rings. The molecule has 0 aromatic carbocycles. The SMILES string of the molecule is CC1CCN(Cc2cc(NN)ccn2)C1. The molecule has 1 fully saturated rings. The van der Waals surface area contributed by atoms with E-state index >= 15 is 0 Å². The number of anilines is 1. The molecule has 0 radical (unpaired) electrons. The van der Waals surface area contributed by atoms with Crippen LogP contribution in [-0.2, 0) is 6.54 Å². The van der Waals surface area contributed by atoms with Gasteiger partial charge in [-0.3, -0.25) is 15.7 Å². The lowest BCUT2D eigenvalue weighted by Gasteiger charge is -2.14. The van der Waals surface area contributed by atoms with E-state index in [2.05, 4.69) is 22.2 Å². The number of hydrogen-bond donors (Lipinski definition) is 2. The number of aromatic nitrogens is 1. The van der Waals surface area contributed by atoms with Gasteiger partial charge in [0.15, 0.2) is 0 Å². The minimum Gasteiger partial charge on any atom is -0.324 e. The summed E-state index contributed by atoms with van der Waals surface area (Å²) in [5.74, 6) is 6.18. The van der Waals surface area contributed by atoms with Crippen LogP contribution in [0.3, 0.4) is 0 Å². The zero-order valence-corrected chi connectivity index (χ0v) is 9.11. The number of nitrogens with one attached hydrogen (secondary N) is 1. The monoisotopic (exact) mass is 206 g/mol. The van der Waals surface area contributed by atoms with Gasteiger partial charge < -0.3 is 5.43 Å². The maximum Gasteiger partial charge on any atom is 0.0564 e. The lowest BCUT2D eigenvalue weighted by atomic mass is 10.2. The highest BCUT2D eigenvalue weighted by atomic mass is 15.2. The second-order valence-electron chi connectivity index (χ2n) is 4.31. The lowest BCUT2D eigenvalue weighted by molar-refractivity contribution is 0.316. The summed E-state index contributed by atoms with van der Waals surface area (Å²) in [6.45, 7) is 5.59. The Balaban J connectivity index is 1.98. The van der Waals surface area contributed by atoms with Crippen LogP contribution in [0.2, 0.25) is 0 Å². The van der Waals surface area contributed by atoms with Gasteiger partial charge in [0.25, 0.3) is 0 Å². The molecule has 1 aliphatic heterocycles. The Hall–Kier alpha value is -1.13. The summed E-state index contributed by atoms with van der Waals surface area (Å²) >= 11 is 0. The lowest BCUT2D eigenvalue weighted by Crippen LogP contribution is -2.20. The van der Waals surface area contributed by atoms with Crippen molar-refractivity contribution in [1.82, 2.24) is 9.88 Å². The second kappa shape index (κ2) is 4.59. The molecule has 0 spiro atoms. The summed E-state index contributed by atoms with van der Waals surface area (Å²) in [5.41, 5.74) is 4.65. The van der Waals surface area contributed by atoms with Crippen molar-refractivity contribution in [2.24, 2.45) is 11.8 Å². The van der Waals surface area contributed by atoms with Crippen LogP contribution in [0.1, 0.15) is 19.0 Å². The van der Waals surface area contributed by atoms with Crippen molar-refractivity contribution < 1.29 is 0 Å². The summed E-state index contributed by atoms with van der Waals surface area (Å²) in [5, 5.41) is 0. The minimum atomic E-state index is 0.820. The molecule has 82 valence electrons. The fourth-order valence-electron chi connectivity index (χ4n) is 2.05. The van der Waals surface area contributed by atoms with Crippen molar-refractivity contribution in [3.05, 3.63) is 24.0 Å². The first-order chi connectivity index (χ1) is 7.28. The standard InChI is InChI=1S/C11H18N4/c1-9-3-5-15(7-9)8-11-6-10(14-12)2-4-13-11/h2,4,6,9H,3,5,7-8,12H2,1H3,(H,13,14). The van der Waals surface area contributed by atoms with E-state index < -0.39 is 0 Å². The van der Waals surface area contributed by atoms with Gasteiger partial charge in [-0.2, -0.15) is 0 Å². The van der Waals surface area contributed by atoms with E-state index in [-0.39, 0.29) is 0 Å². The van der Waals surface area contributed by atoms with Crippen LogP contribution in [0.4, 0.5) is 5.69 Å². The highest BCUT2D eigenvalue weighted by Crippen LogP contribution is 2.17. The summed E-state index contributed by atoms with van der Waals surface area (Å²) in [6.07, 6.45) is 3.10. The third kappa shape index (κ3) is 2.67. The quantitative estimate of drug-likeness (QED) is 0.576. The second-order valence-corrected chi connectivity index (χ2v) is 4.31. The molecule has 2 rings (SSSR count). The number of hydrazine groups is 1. The van der Waals surface area contributed by atoms with E-state index in [0.717, 1.165) is 23.8 Å². The largest absolute Gasteiger partial charge is 0.324 e. The first-order valence-corrected chi connectivity index (χ1v) is 5.42. The Labute approximate surface area is 90.5 Å². The van der Waals surface area contributed by atoms with Gasteiger partial charge in [0.05, 0.1) is 11.4 Å². The molecule has 1 atom stereocenters. The van der Waals surface area contributed by atoms with Crippen LogP contribution >= 0.6 is 0 Å². The fraction of sp³-hybridized carbons (Fsp3) is 0.545. The summed E-state index contributed by atoms with van der Waals surface area (Å²) in [4.78, 5) is 6.78. The molecular weight excluding hydrogens is 188 g/mol. The van der Waals surface area contributed by atoms with Crippen LogP contribution in [0.5, 0.6) is 0 Å². The van der Waals surface area contributed by atoms with Crippen molar-refractivity contribution in [2.75, 3.05) is 18.5 Å². The predicted octanol–water partition coefficient (Wildman–Crippen LogP) is 1.21. The zero-order chi connectivity index (χ0) is 10.7. The first-order valence-electron chi connectivity index (χ1n) is 5.42. The maximum absolute atomic E-state index is 5.36. The Morgan fingerprint density at radius 1 is 1.67 bits per heavy atom. The number of nitrogens with zero attached hydrogens (tertiary/aromatic N) is 2. The van der Waals surface area contributed by atoms with Crippen LogP contribution < -0.4 is 11.3 Å². The summed E-state index contributed by atoms with van der Waals surface area (Å²) < 4.78 is 0. The third-order valence-corrected chi connectivity index (χ3v) is 2.88. The third-order valence-electron chi connectivity index (χ3n) is 2.88. The minimum absolute atomic E-state index is 0.820. The zero-order valence-electron chi connectivity index (χ0n) is 9.11. The topological polar surface area (TPSA) is 54.2 Å².